The van der Waals surface area contributed by atoms with Crippen LogP contribution in [0.25, 0.3) is 0 Å². The van der Waals surface area contributed by atoms with E-state index in [0.717, 1.165) is 6.42 Å². The van der Waals surface area contributed by atoms with Crippen molar-refractivity contribution in [2.75, 3.05) is 0 Å². The second kappa shape index (κ2) is 2.60. The van der Waals surface area contributed by atoms with Gasteiger partial charge in [0.2, 0.25) is 0 Å². The molecule has 4 nitrogen and oxygen atoms in total. The minimum absolute atomic E-state index is 0.116. The number of nitrogens with one attached hydrogen (secondary N) is 2. The second-order valence-electron chi connectivity index (χ2n) is 6.23. The monoisotopic (exact) mass is 222 g/mol. The minimum Gasteiger partial charge on any atom is -0.323 e. The van der Waals surface area contributed by atoms with E-state index in [1.807, 2.05) is 0 Å². The molecule has 1 saturated heterocycles. The fourth-order valence-electron chi connectivity index (χ4n) is 4.14. The van der Waals surface area contributed by atoms with Gasteiger partial charge in [-0.05, 0) is 36.0 Å². The van der Waals surface area contributed by atoms with Gasteiger partial charge in [-0.2, -0.15) is 0 Å². The summed E-state index contributed by atoms with van der Waals surface area (Å²) >= 11 is 0. The maximum Gasteiger partial charge on any atom is 0.322 e. The van der Waals surface area contributed by atoms with Crippen molar-refractivity contribution in [2.45, 2.75) is 39.2 Å². The largest absolute Gasteiger partial charge is 0.323 e. The summed E-state index contributed by atoms with van der Waals surface area (Å²) in [5.74, 6) is 1.24. The van der Waals surface area contributed by atoms with E-state index in [0.29, 0.717) is 17.3 Å². The van der Waals surface area contributed by atoms with E-state index in [-0.39, 0.29) is 17.9 Å². The number of hydrogen-bond donors (Lipinski definition) is 2. The molecule has 0 aromatic heterocycles. The molecule has 0 unspecified atom stereocenters. The smallest absolute Gasteiger partial charge is 0.322 e. The molecule has 3 amide bonds. The predicted molar refractivity (Wildman–Crippen MR) is 58.6 cm³/mol. The standard InChI is InChI=1S/C12H18N2O2/c1-6-8-4-7(11(8,2)3)5-12(6)9(15)13-10(16)14-12/h6-8H,4-5H2,1-3H3,(H2,13,14,15,16)/t6-,7-,8+,12-/m0/s1. The Balaban J connectivity index is 1.96. The number of amides is 3. The van der Waals surface area contributed by atoms with Gasteiger partial charge in [0.25, 0.3) is 5.91 Å². The van der Waals surface area contributed by atoms with Crippen LogP contribution in [0.5, 0.6) is 0 Å². The molecule has 1 heterocycles. The minimum atomic E-state index is -0.611. The molecular formula is C12H18N2O2. The Morgan fingerprint density at radius 1 is 1.31 bits per heavy atom. The Morgan fingerprint density at radius 3 is 2.44 bits per heavy atom. The normalized spacial score (nSPS) is 48.6. The zero-order chi connectivity index (χ0) is 11.7. The van der Waals surface area contributed by atoms with Gasteiger partial charge in [-0.15, -0.1) is 0 Å². The fraction of sp³-hybridized carbons (Fsp3) is 0.833. The van der Waals surface area contributed by atoms with E-state index in [1.165, 1.54) is 6.42 Å². The van der Waals surface area contributed by atoms with Crippen LogP contribution in [0.15, 0.2) is 0 Å². The number of urea groups is 1. The predicted octanol–water partition coefficient (Wildman–Crippen LogP) is 1.27. The Morgan fingerprint density at radius 2 is 2.00 bits per heavy atom. The van der Waals surface area contributed by atoms with E-state index in [1.54, 1.807) is 0 Å². The van der Waals surface area contributed by atoms with Crippen LogP contribution in [-0.4, -0.2) is 17.5 Å². The van der Waals surface area contributed by atoms with Crippen LogP contribution in [0.3, 0.4) is 0 Å². The van der Waals surface area contributed by atoms with E-state index >= 15 is 0 Å². The maximum absolute atomic E-state index is 12.0. The lowest BCUT2D eigenvalue weighted by Crippen LogP contribution is -2.68. The first kappa shape index (κ1) is 10.1. The summed E-state index contributed by atoms with van der Waals surface area (Å²) < 4.78 is 0. The highest BCUT2D eigenvalue weighted by Crippen LogP contribution is 2.64. The van der Waals surface area contributed by atoms with E-state index in [4.69, 9.17) is 0 Å². The quantitative estimate of drug-likeness (QED) is 0.606. The van der Waals surface area contributed by atoms with Crippen molar-refractivity contribution in [2.24, 2.45) is 23.2 Å². The van der Waals surface area contributed by atoms with Crippen molar-refractivity contribution in [3.63, 3.8) is 0 Å². The van der Waals surface area contributed by atoms with Crippen LogP contribution in [-0.2, 0) is 4.79 Å². The zero-order valence-corrected chi connectivity index (χ0v) is 9.96. The molecule has 3 saturated carbocycles. The summed E-state index contributed by atoms with van der Waals surface area (Å²) in [5, 5.41) is 5.25. The average molecular weight is 222 g/mol. The van der Waals surface area contributed by atoms with Gasteiger partial charge in [0.05, 0.1) is 0 Å². The summed E-state index contributed by atoms with van der Waals surface area (Å²) in [4.78, 5) is 23.3. The van der Waals surface area contributed by atoms with Crippen LogP contribution in [0, 0.1) is 23.2 Å². The molecule has 3 aliphatic carbocycles. The third-order valence-electron chi connectivity index (χ3n) is 5.46. The Hall–Kier alpha value is -1.06. The van der Waals surface area contributed by atoms with E-state index in [9.17, 15) is 9.59 Å². The van der Waals surface area contributed by atoms with Crippen molar-refractivity contribution in [3.05, 3.63) is 0 Å². The molecule has 2 bridgehead atoms. The third kappa shape index (κ3) is 0.913. The molecule has 2 N–H and O–H groups in total. The van der Waals surface area contributed by atoms with Gasteiger partial charge in [-0.3, -0.25) is 10.1 Å². The molecule has 88 valence electrons. The van der Waals surface area contributed by atoms with Crippen molar-refractivity contribution in [3.8, 4) is 0 Å². The molecule has 0 aromatic rings. The average Bonchev–Trinajstić information content (AvgIpc) is 2.46. The van der Waals surface area contributed by atoms with Gasteiger partial charge in [0, 0.05) is 0 Å². The van der Waals surface area contributed by atoms with Gasteiger partial charge in [0.15, 0.2) is 0 Å². The van der Waals surface area contributed by atoms with Crippen LogP contribution in [0.2, 0.25) is 0 Å². The molecule has 4 rings (SSSR count). The Labute approximate surface area is 95.2 Å². The number of carbonyl (C=O) groups is 2. The lowest BCUT2D eigenvalue weighted by atomic mass is 9.41. The van der Waals surface area contributed by atoms with Crippen LogP contribution in [0.1, 0.15) is 33.6 Å². The van der Waals surface area contributed by atoms with Gasteiger partial charge in [0.1, 0.15) is 5.54 Å². The van der Waals surface area contributed by atoms with E-state index < -0.39 is 5.54 Å². The maximum atomic E-state index is 12.0. The molecule has 16 heavy (non-hydrogen) atoms. The molecule has 4 heteroatoms. The molecule has 1 aliphatic heterocycles. The topological polar surface area (TPSA) is 58.2 Å². The van der Waals surface area contributed by atoms with Crippen LogP contribution in [0.4, 0.5) is 4.79 Å². The molecule has 4 atom stereocenters. The first-order valence-electron chi connectivity index (χ1n) is 6.01. The van der Waals surface area contributed by atoms with Crippen LogP contribution < -0.4 is 10.6 Å². The summed E-state index contributed by atoms with van der Waals surface area (Å²) in [6.07, 6.45) is 2.01. The highest BCUT2D eigenvalue weighted by molar-refractivity contribution is 6.07. The van der Waals surface area contributed by atoms with E-state index in [2.05, 4.69) is 31.4 Å². The van der Waals surface area contributed by atoms with Gasteiger partial charge < -0.3 is 5.32 Å². The Bertz CT molecular complexity index is 390. The lowest BCUT2D eigenvalue weighted by Gasteiger charge is -2.64. The second-order valence-corrected chi connectivity index (χ2v) is 6.23. The summed E-state index contributed by atoms with van der Waals surface area (Å²) in [6, 6.07) is -0.323. The molecule has 0 radical (unpaired) electrons. The number of imide groups is 1. The summed E-state index contributed by atoms with van der Waals surface area (Å²) in [5.41, 5.74) is -0.279. The first-order chi connectivity index (χ1) is 7.38. The molecule has 1 spiro atoms. The number of rotatable bonds is 0. The molecule has 0 aromatic carbocycles. The SMILES string of the molecule is C[C@H]1[C@H]2C[C@@H](C[C@]13NC(=O)NC3=O)C2(C)C. The molecule has 4 aliphatic rings. The first-order valence-corrected chi connectivity index (χ1v) is 6.01. The lowest BCUT2D eigenvalue weighted by molar-refractivity contribution is -0.159. The van der Waals surface area contributed by atoms with Gasteiger partial charge in [-0.1, -0.05) is 20.8 Å². The third-order valence-corrected chi connectivity index (χ3v) is 5.46. The zero-order valence-electron chi connectivity index (χ0n) is 9.96. The fourth-order valence-corrected chi connectivity index (χ4v) is 4.14. The van der Waals surface area contributed by atoms with Gasteiger partial charge >= 0.3 is 6.03 Å². The molecule has 4 fully saturated rings. The Kier molecular flexibility index (Phi) is 1.65. The van der Waals surface area contributed by atoms with Gasteiger partial charge in [-0.25, -0.2) is 4.79 Å². The number of hydrogen-bond acceptors (Lipinski definition) is 2. The van der Waals surface area contributed by atoms with Crippen molar-refractivity contribution in [1.29, 1.82) is 0 Å². The highest BCUT2D eigenvalue weighted by atomic mass is 16.2. The summed E-state index contributed by atoms with van der Waals surface area (Å²) in [6.45, 7) is 6.67. The van der Waals surface area contributed by atoms with Crippen molar-refractivity contribution >= 4 is 11.9 Å². The number of carbonyl (C=O) groups excluding carboxylic acids is 2. The van der Waals surface area contributed by atoms with Crippen molar-refractivity contribution in [1.82, 2.24) is 10.6 Å². The summed E-state index contributed by atoms with van der Waals surface area (Å²) in [7, 11) is 0. The highest BCUT2D eigenvalue weighted by Gasteiger charge is 2.66. The van der Waals surface area contributed by atoms with Crippen molar-refractivity contribution < 1.29 is 9.59 Å². The van der Waals surface area contributed by atoms with Crippen LogP contribution >= 0.6 is 0 Å². The molecular weight excluding hydrogens is 204 g/mol.